The van der Waals surface area contributed by atoms with Crippen molar-refractivity contribution in [3.8, 4) is 0 Å². The first-order valence-electron chi connectivity index (χ1n) is 21.9. The van der Waals surface area contributed by atoms with Gasteiger partial charge >= 0.3 is 11.9 Å². The standard InChI is InChI=1S/C48H60N6O4/c55-47(56)43(36-16-7-3-8-17-36)53-30-34(31-53)14-5-1-12-22-41-26-24-39-28-42(29-50-46(39)52-41)58-48(57)44(37-18-9-4-10-19-37)54-32-35(33-54)15-6-2-11-21-40-25-23-38-20-13-27-49-45(38)51-40/h3-4,7-10,16-19,23-26,34-35,42-44H,1-2,5-6,11-15,20-22,27-33H2,(H,49,51)(H,50,52)(H,55,56)/t42?,43-,44+/m1/s1. The van der Waals surface area contributed by atoms with Crippen LogP contribution in [0.25, 0.3) is 0 Å². The van der Waals surface area contributed by atoms with Crippen LogP contribution in [0.1, 0.15) is 104 Å². The summed E-state index contributed by atoms with van der Waals surface area (Å²) in [7, 11) is 0. The van der Waals surface area contributed by atoms with Crippen molar-refractivity contribution in [3.05, 3.63) is 119 Å². The van der Waals surface area contributed by atoms with E-state index < -0.39 is 12.0 Å². The second-order valence-corrected chi connectivity index (χ2v) is 17.1. The zero-order chi connectivity index (χ0) is 39.7. The number of ether oxygens (including phenoxy) is 1. The molecule has 3 N–H and O–H groups in total. The number of carboxylic acid groups (broad SMARTS) is 1. The van der Waals surface area contributed by atoms with E-state index in [1.807, 2.05) is 60.7 Å². The first-order valence-corrected chi connectivity index (χ1v) is 21.9. The van der Waals surface area contributed by atoms with Crippen LogP contribution in [0.15, 0.2) is 84.9 Å². The Morgan fingerprint density at radius 1 is 0.672 bits per heavy atom. The summed E-state index contributed by atoms with van der Waals surface area (Å²) in [6.07, 6.45) is 13.9. The van der Waals surface area contributed by atoms with Crippen LogP contribution in [-0.4, -0.2) is 82.2 Å². The zero-order valence-corrected chi connectivity index (χ0v) is 33.9. The van der Waals surface area contributed by atoms with Crippen molar-refractivity contribution in [2.45, 2.75) is 102 Å². The largest absolute Gasteiger partial charge is 0.480 e. The maximum atomic E-state index is 13.9. The van der Waals surface area contributed by atoms with Gasteiger partial charge in [-0.15, -0.1) is 0 Å². The fourth-order valence-electron chi connectivity index (χ4n) is 9.45. The molecule has 0 radical (unpaired) electrons. The molecule has 0 amide bonds. The number of pyridine rings is 2. The Morgan fingerprint density at radius 3 is 1.83 bits per heavy atom. The predicted octanol–water partition coefficient (Wildman–Crippen LogP) is 8.05. The van der Waals surface area contributed by atoms with Gasteiger partial charge in [0, 0.05) is 50.5 Å². The maximum Gasteiger partial charge on any atom is 0.328 e. The van der Waals surface area contributed by atoms with E-state index in [-0.39, 0.29) is 18.1 Å². The Morgan fingerprint density at radius 2 is 1.22 bits per heavy atom. The molecule has 6 heterocycles. The van der Waals surface area contributed by atoms with Gasteiger partial charge in [-0.3, -0.25) is 14.6 Å². The van der Waals surface area contributed by atoms with Gasteiger partial charge in [0.2, 0.25) is 0 Å². The number of rotatable bonds is 19. The number of carbonyl (C=O) groups excluding carboxylic acids is 1. The Bertz CT molecular complexity index is 1970. The summed E-state index contributed by atoms with van der Waals surface area (Å²) in [6, 6.07) is 27.5. The van der Waals surface area contributed by atoms with Crippen molar-refractivity contribution in [1.29, 1.82) is 0 Å². The zero-order valence-electron chi connectivity index (χ0n) is 33.9. The Balaban J connectivity index is 0.737. The Hall–Kier alpha value is -4.80. The highest BCUT2D eigenvalue weighted by molar-refractivity contribution is 5.78. The van der Waals surface area contributed by atoms with E-state index in [1.165, 1.54) is 36.9 Å². The third-order valence-corrected chi connectivity index (χ3v) is 12.7. The minimum absolute atomic E-state index is 0.163. The molecule has 1 unspecified atom stereocenters. The fraction of sp³-hybridized carbons (Fsp3) is 0.500. The van der Waals surface area contributed by atoms with Crippen molar-refractivity contribution in [2.75, 3.05) is 49.9 Å². The molecule has 10 heteroatoms. The smallest absolute Gasteiger partial charge is 0.328 e. The fourth-order valence-corrected chi connectivity index (χ4v) is 9.45. The van der Waals surface area contributed by atoms with Gasteiger partial charge in [0.05, 0.1) is 6.54 Å². The SMILES string of the molecule is O=C(OC1CNc2nc(CCCCCC3CN([C@@H](C(=O)O)c4ccccc4)C3)ccc2C1)[C@H](c1ccccc1)N1CC(CCCCCc2ccc3c(n2)NCCC3)C1. The molecular weight excluding hydrogens is 725 g/mol. The van der Waals surface area contributed by atoms with Gasteiger partial charge < -0.3 is 20.5 Å². The number of esters is 1. The molecule has 2 aromatic heterocycles. The summed E-state index contributed by atoms with van der Waals surface area (Å²) < 4.78 is 6.24. The molecule has 0 aliphatic carbocycles. The van der Waals surface area contributed by atoms with E-state index >= 15 is 0 Å². The number of aryl methyl sites for hydroxylation is 3. The summed E-state index contributed by atoms with van der Waals surface area (Å²) in [5.41, 5.74) is 6.58. The molecule has 0 bridgehead atoms. The average molecular weight is 785 g/mol. The van der Waals surface area contributed by atoms with Crippen LogP contribution in [0.3, 0.4) is 0 Å². The van der Waals surface area contributed by atoms with Gasteiger partial charge in [0.1, 0.15) is 29.8 Å². The van der Waals surface area contributed by atoms with Crippen LogP contribution in [0.5, 0.6) is 0 Å². The lowest BCUT2D eigenvalue weighted by Gasteiger charge is -2.44. The number of carboxylic acids is 1. The Kier molecular flexibility index (Phi) is 13.3. The number of nitrogens with one attached hydrogen (secondary N) is 2. The van der Waals surface area contributed by atoms with Gasteiger partial charge in [-0.05, 0) is 97.6 Å². The number of nitrogens with zero attached hydrogens (tertiary/aromatic N) is 4. The highest BCUT2D eigenvalue weighted by atomic mass is 16.5. The van der Waals surface area contributed by atoms with E-state index in [4.69, 9.17) is 14.7 Å². The summed E-state index contributed by atoms with van der Waals surface area (Å²) >= 11 is 0. The van der Waals surface area contributed by atoms with E-state index in [0.717, 1.165) is 118 Å². The molecule has 2 saturated heterocycles. The normalized spacial score (nSPS) is 19.3. The average Bonchev–Trinajstić information content (AvgIpc) is 3.21. The second-order valence-electron chi connectivity index (χ2n) is 17.1. The quantitative estimate of drug-likeness (QED) is 0.0637. The summed E-state index contributed by atoms with van der Waals surface area (Å²) in [5.74, 6) is 2.24. The maximum absolute atomic E-state index is 13.9. The molecule has 58 heavy (non-hydrogen) atoms. The molecule has 8 rings (SSSR count). The van der Waals surface area contributed by atoms with Crippen LogP contribution in [-0.2, 0) is 40.0 Å². The molecule has 10 nitrogen and oxygen atoms in total. The number of unbranched alkanes of at least 4 members (excludes halogenated alkanes) is 4. The highest BCUT2D eigenvalue weighted by Gasteiger charge is 2.39. The first-order chi connectivity index (χ1) is 28.5. The van der Waals surface area contributed by atoms with Crippen LogP contribution >= 0.6 is 0 Å². The van der Waals surface area contributed by atoms with Crippen molar-refractivity contribution in [1.82, 2.24) is 19.8 Å². The summed E-state index contributed by atoms with van der Waals surface area (Å²) in [6.45, 7) is 5.12. The van der Waals surface area contributed by atoms with E-state index in [0.29, 0.717) is 24.8 Å². The molecule has 2 fully saturated rings. The number of carbonyl (C=O) groups is 2. The van der Waals surface area contributed by atoms with Crippen molar-refractivity contribution in [2.24, 2.45) is 11.8 Å². The van der Waals surface area contributed by atoms with Crippen molar-refractivity contribution >= 4 is 23.6 Å². The van der Waals surface area contributed by atoms with Gasteiger partial charge in [0.25, 0.3) is 0 Å². The van der Waals surface area contributed by atoms with E-state index in [1.54, 1.807) is 0 Å². The molecule has 0 saturated carbocycles. The topological polar surface area (TPSA) is 120 Å². The first kappa shape index (κ1) is 40.0. The number of hydrogen-bond donors (Lipinski definition) is 3. The van der Waals surface area contributed by atoms with Crippen molar-refractivity contribution < 1.29 is 19.4 Å². The molecule has 4 aromatic rings. The van der Waals surface area contributed by atoms with Crippen LogP contribution in [0.4, 0.5) is 11.6 Å². The Labute approximate surface area is 343 Å². The molecule has 3 atom stereocenters. The number of benzene rings is 2. The van der Waals surface area contributed by atoms with Gasteiger partial charge in [-0.1, -0.05) is 98.5 Å². The highest BCUT2D eigenvalue weighted by Crippen LogP contribution is 2.34. The molecule has 0 spiro atoms. The predicted molar refractivity (Wildman–Crippen MR) is 228 cm³/mol. The molecule has 306 valence electrons. The lowest BCUT2D eigenvalue weighted by Crippen LogP contribution is -2.51. The number of aliphatic carboxylic acids is 1. The van der Waals surface area contributed by atoms with Crippen LogP contribution < -0.4 is 10.6 Å². The lowest BCUT2D eigenvalue weighted by atomic mass is 9.90. The number of fused-ring (bicyclic) bond motifs is 2. The molecule has 4 aliphatic heterocycles. The van der Waals surface area contributed by atoms with Crippen LogP contribution in [0.2, 0.25) is 0 Å². The number of aromatic nitrogens is 2. The second kappa shape index (κ2) is 19.3. The van der Waals surface area contributed by atoms with Crippen LogP contribution in [0, 0.1) is 11.8 Å². The summed E-state index contributed by atoms with van der Waals surface area (Å²) in [5, 5.41) is 16.7. The minimum Gasteiger partial charge on any atom is -0.480 e. The third-order valence-electron chi connectivity index (χ3n) is 12.7. The van der Waals surface area contributed by atoms with Gasteiger partial charge in [0.15, 0.2) is 0 Å². The minimum atomic E-state index is -0.772. The lowest BCUT2D eigenvalue weighted by molar-refractivity contribution is -0.158. The monoisotopic (exact) mass is 784 g/mol. The van der Waals surface area contributed by atoms with Gasteiger partial charge in [-0.25, -0.2) is 14.8 Å². The molecule has 2 aromatic carbocycles. The van der Waals surface area contributed by atoms with Gasteiger partial charge in [-0.2, -0.15) is 0 Å². The number of likely N-dealkylation sites (tertiary alicyclic amines) is 2. The third kappa shape index (κ3) is 10.1. The molecule has 4 aliphatic rings. The number of anilines is 2. The number of hydrogen-bond acceptors (Lipinski definition) is 9. The summed E-state index contributed by atoms with van der Waals surface area (Å²) in [4.78, 5) is 40.0. The van der Waals surface area contributed by atoms with E-state index in [2.05, 4.69) is 44.7 Å². The molecular formula is C48H60N6O4. The van der Waals surface area contributed by atoms with E-state index in [9.17, 15) is 14.7 Å². The van der Waals surface area contributed by atoms with Crippen molar-refractivity contribution in [3.63, 3.8) is 0 Å².